The van der Waals surface area contributed by atoms with E-state index in [1.807, 2.05) is 13.8 Å². The molecule has 0 aliphatic carbocycles. The molecule has 10 nitrogen and oxygen atoms in total. The van der Waals surface area contributed by atoms with Crippen LogP contribution >= 0.6 is 22.9 Å². The zero-order chi connectivity index (χ0) is 33.9. The van der Waals surface area contributed by atoms with E-state index >= 15 is 0 Å². The molecule has 0 bridgehead atoms. The zero-order valence-corrected chi connectivity index (χ0v) is 28.3. The molecule has 2 unspecified atom stereocenters. The van der Waals surface area contributed by atoms with Gasteiger partial charge in [-0.2, -0.15) is 15.2 Å². The van der Waals surface area contributed by atoms with Gasteiger partial charge in [-0.15, -0.1) is 11.3 Å². The van der Waals surface area contributed by atoms with Gasteiger partial charge in [0, 0.05) is 49.2 Å². The molecule has 3 aromatic heterocycles. The monoisotopic (exact) mass is 692 g/mol. The topological polar surface area (TPSA) is 125 Å². The number of ether oxygens (including phenoxy) is 1. The number of hydrogen-bond donors (Lipinski definition) is 1. The van der Waals surface area contributed by atoms with Crippen molar-refractivity contribution in [3.8, 4) is 23.3 Å². The molecule has 14 heteroatoms. The van der Waals surface area contributed by atoms with Crippen molar-refractivity contribution in [3.05, 3.63) is 47.4 Å². The summed E-state index contributed by atoms with van der Waals surface area (Å²) in [5, 5.41) is 11.2. The Kier molecular flexibility index (Phi) is 8.38. The minimum atomic E-state index is -0.914. The number of thiophene rings is 1. The fourth-order valence-corrected chi connectivity index (χ4v) is 9.19. The average Bonchev–Trinajstić information content (AvgIpc) is 3.82. The van der Waals surface area contributed by atoms with E-state index in [-0.39, 0.29) is 50.9 Å². The number of nitriles is 1. The third-order valence-electron chi connectivity index (χ3n) is 10.2. The molecule has 4 atom stereocenters. The van der Waals surface area contributed by atoms with Crippen LogP contribution in [0.15, 0.2) is 31.0 Å². The van der Waals surface area contributed by atoms with Gasteiger partial charge in [-0.25, -0.2) is 8.78 Å². The van der Waals surface area contributed by atoms with Gasteiger partial charge in [0.1, 0.15) is 41.0 Å². The first-order valence-electron chi connectivity index (χ1n) is 16.1. The Balaban J connectivity index is 1.37. The summed E-state index contributed by atoms with van der Waals surface area (Å²) in [5.74, 6) is -0.0906. The number of amides is 1. The molecule has 48 heavy (non-hydrogen) atoms. The predicted molar refractivity (Wildman–Crippen MR) is 184 cm³/mol. The summed E-state index contributed by atoms with van der Waals surface area (Å²) in [6.45, 7) is 10.2. The van der Waals surface area contributed by atoms with Crippen LogP contribution in [-0.4, -0.2) is 87.2 Å². The zero-order valence-electron chi connectivity index (χ0n) is 26.7. The number of halogens is 3. The Morgan fingerprint density at radius 1 is 1.38 bits per heavy atom. The lowest BCUT2D eigenvalue weighted by atomic mass is 9.95. The van der Waals surface area contributed by atoms with Crippen molar-refractivity contribution in [1.82, 2.24) is 24.8 Å². The number of nitrogens with zero attached hydrogens (tertiary/aromatic N) is 7. The molecule has 3 saturated heterocycles. The first-order chi connectivity index (χ1) is 23.1. The van der Waals surface area contributed by atoms with Crippen molar-refractivity contribution in [2.75, 3.05) is 43.4 Å². The summed E-state index contributed by atoms with van der Waals surface area (Å²) < 4.78 is 36.1. The third-order valence-corrected chi connectivity index (χ3v) is 11.6. The van der Waals surface area contributed by atoms with Crippen molar-refractivity contribution >= 4 is 60.7 Å². The summed E-state index contributed by atoms with van der Waals surface area (Å²) in [6, 6.07) is 4.80. The van der Waals surface area contributed by atoms with Gasteiger partial charge in [-0.05, 0) is 57.9 Å². The average molecular weight is 693 g/mol. The molecule has 2 N–H and O–H groups in total. The number of nitrogens with two attached hydrogens (primary N) is 1. The Morgan fingerprint density at radius 3 is 2.94 bits per heavy atom. The maximum Gasteiger partial charge on any atom is 0.319 e. The Labute approximate surface area is 285 Å². The molecule has 3 aliphatic rings. The first kappa shape index (κ1) is 32.4. The summed E-state index contributed by atoms with van der Waals surface area (Å²) in [7, 11) is 0. The molecule has 1 amide bonds. The molecule has 3 fully saturated rings. The third kappa shape index (κ3) is 5.12. The molecule has 1 aromatic carbocycles. The molecular weight excluding hydrogens is 658 g/mol. The largest absolute Gasteiger partial charge is 0.461 e. The number of fused-ring (bicyclic) bond motifs is 3. The van der Waals surface area contributed by atoms with Crippen LogP contribution in [0.5, 0.6) is 6.01 Å². The van der Waals surface area contributed by atoms with Crippen LogP contribution in [0.4, 0.5) is 19.6 Å². The molecule has 0 radical (unpaired) electrons. The van der Waals surface area contributed by atoms with Gasteiger partial charge in [-0.1, -0.05) is 18.2 Å². The number of benzene rings is 1. The lowest BCUT2D eigenvalue weighted by Crippen LogP contribution is -2.45. The van der Waals surface area contributed by atoms with Gasteiger partial charge in [0.25, 0.3) is 0 Å². The minimum absolute atomic E-state index is 0.0851. The van der Waals surface area contributed by atoms with Crippen LogP contribution < -0.4 is 15.4 Å². The van der Waals surface area contributed by atoms with Gasteiger partial charge in [0.15, 0.2) is 0 Å². The Bertz CT molecular complexity index is 2000. The molecular formula is C34H35ClF2N8O2S. The van der Waals surface area contributed by atoms with Crippen molar-refractivity contribution in [2.24, 2.45) is 0 Å². The van der Waals surface area contributed by atoms with Crippen molar-refractivity contribution in [2.45, 2.75) is 63.3 Å². The number of anilines is 2. The van der Waals surface area contributed by atoms with E-state index in [1.165, 1.54) is 18.2 Å². The smallest absolute Gasteiger partial charge is 0.319 e. The number of hydrogen-bond acceptors (Lipinski definition) is 10. The van der Waals surface area contributed by atoms with E-state index in [9.17, 15) is 18.8 Å². The van der Waals surface area contributed by atoms with E-state index in [0.29, 0.717) is 65.8 Å². The number of alkyl halides is 1. The minimum Gasteiger partial charge on any atom is -0.461 e. The number of aromatic nitrogens is 3. The molecule has 7 rings (SSSR count). The number of carbonyl (C=O) groups is 1. The highest BCUT2D eigenvalue weighted by Gasteiger charge is 2.49. The number of rotatable bonds is 8. The second kappa shape index (κ2) is 12.4. The lowest BCUT2D eigenvalue weighted by molar-refractivity contribution is -0.126. The molecule has 0 saturated carbocycles. The number of likely N-dealkylation sites (N-methyl/N-ethyl adjacent to an activating group) is 1. The fourth-order valence-electron chi connectivity index (χ4n) is 7.95. The standard InChI is InChI=1S/C34H35ClF2N8O2S/c1-4-25(46)45-12-9-24(18(45)3)44(5-2)32-22-15-40-28(20-7-8-23(37)30-26(20)21(14-38)31(39)48-30)27(35)29(22)41-33(42-32)47-17-34-10-6-11-43(34)16-19(36)13-34/h4,7-8,15,18-19,24H,1,5-6,9-13,16-17,39H2,2-3H3/t18?,19-,24?,34+/m1/s1. The second-order valence-electron chi connectivity index (χ2n) is 12.7. The maximum atomic E-state index is 14.9. The Hall–Kier alpha value is -4.12. The predicted octanol–water partition coefficient (Wildman–Crippen LogP) is 6.11. The number of pyridine rings is 1. The fraction of sp³-hybridized carbons (Fsp3) is 0.441. The van der Waals surface area contributed by atoms with Crippen LogP contribution in [0, 0.1) is 17.1 Å². The normalized spacial score (nSPS) is 23.9. The highest BCUT2D eigenvalue weighted by molar-refractivity contribution is 7.23. The summed E-state index contributed by atoms with van der Waals surface area (Å²) in [5.41, 5.74) is 6.95. The highest BCUT2D eigenvalue weighted by Crippen LogP contribution is 2.45. The van der Waals surface area contributed by atoms with Gasteiger partial charge in [-0.3, -0.25) is 14.7 Å². The number of carbonyl (C=O) groups excluding carboxylic acids is 1. The van der Waals surface area contributed by atoms with Gasteiger partial charge in [0.2, 0.25) is 5.91 Å². The van der Waals surface area contributed by atoms with Crippen LogP contribution in [0.1, 0.15) is 45.1 Å². The van der Waals surface area contributed by atoms with Crippen LogP contribution in [0.3, 0.4) is 0 Å². The Morgan fingerprint density at radius 2 is 2.19 bits per heavy atom. The van der Waals surface area contributed by atoms with Crippen molar-refractivity contribution < 1.29 is 18.3 Å². The lowest BCUT2D eigenvalue weighted by Gasteiger charge is -2.34. The summed E-state index contributed by atoms with van der Waals surface area (Å²) in [6.07, 6.45) is 4.92. The molecule has 3 aliphatic heterocycles. The van der Waals surface area contributed by atoms with Crippen LogP contribution in [0.2, 0.25) is 5.02 Å². The number of nitrogen functional groups attached to an aromatic ring is 1. The van der Waals surface area contributed by atoms with E-state index in [4.69, 9.17) is 37.0 Å². The van der Waals surface area contributed by atoms with Crippen molar-refractivity contribution in [1.29, 1.82) is 5.26 Å². The molecule has 6 heterocycles. The SMILES string of the molecule is C=CC(=O)N1CCC(N(CC)c2nc(OC[C@@]34CCCN3C[C@H](F)C4)nc3c(Cl)c(-c4ccc(F)c5sc(N)c(C#N)c45)ncc23)C1C. The van der Waals surface area contributed by atoms with Crippen LogP contribution in [0.25, 0.3) is 32.2 Å². The van der Waals surface area contributed by atoms with E-state index in [1.54, 1.807) is 11.1 Å². The summed E-state index contributed by atoms with van der Waals surface area (Å²) in [4.78, 5) is 33.1. The maximum absolute atomic E-state index is 14.9. The quantitative estimate of drug-likeness (QED) is 0.218. The van der Waals surface area contributed by atoms with E-state index in [0.717, 1.165) is 30.7 Å². The van der Waals surface area contributed by atoms with Crippen molar-refractivity contribution in [3.63, 3.8) is 0 Å². The summed E-state index contributed by atoms with van der Waals surface area (Å²) >= 11 is 8.16. The molecule has 0 spiro atoms. The van der Waals surface area contributed by atoms with Gasteiger partial charge < -0.3 is 20.3 Å². The highest BCUT2D eigenvalue weighted by atomic mass is 35.5. The second-order valence-corrected chi connectivity index (χ2v) is 14.2. The molecule has 250 valence electrons. The van der Waals surface area contributed by atoms with E-state index < -0.39 is 17.5 Å². The van der Waals surface area contributed by atoms with Crippen LogP contribution in [-0.2, 0) is 4.79 Å². The first-order valence-corrected chi connectivity index (χ1v) is 17.3. The number of likely N-dealkylation sites (tertiary alicyclic amines) is 1. The van der Waals surface area contributed by atoms with E-state index in [2.05, 4.69) is 22.4 Å². The van der Waals surface area contributed by atoms with Gasteiger partial charge >= 0.3 is 6.01 Å². The van der Waals surface area contributed by atoms with Gasteiger partial charge in [0.05, 0.1) is 37.9 Å². The molecule has 4 aromatic rings.